The predicted octanol–water partition coefficient (Wildman–Crippen LogP) is 2.54. The highest BCUT2D eigenvalue weighted by Gasteiger charge is 2.28. The maximum atomic E-state index is 13.3. The lowest BCUT2D eigenvalue weighted by molar-refractivity contribution is -0.120. The summed E-state index contributed by atoms with van der Waals surface area (Å²) in [7, 11) is 0. The van der Waals surface area contributed by atoms with Crippen LogP contribution in [-0.4, -0.2) is 34.7 Å². The van der Waals surface area contributed by atoms with Crippen LogP contribution < -0.4 is 21.7 Å². The Morgan fingerprint density at radius 3 is 2.47 bits per heavy atom. The maximum absolute atomic E-state index is 13.3. The van der Waals surface area contributed by atoms with Crippen molar-refractivity contribution >= 4 is 40.6 Å². The first-order chi connectivity index (χ1) is 14.3. The summed E-state index contributed by atoms with van der Waals surface area (Å²) in [6.45, 7) is 3.76. The number of hydrogen-bond donors (Lipinski definition) is 3. The highest BCUT2D eigenvalue weighted by Crippen LogP contribution is 2.27. The van der Waals surface area contributed by atoms with Crippen molar-refractivity contribution in [3.8, 4) is 0 Å². The van der Waals surface area contributed by atoms with Crippen LogP contribution in [0, 0.1) is 13.8 Å². The first-order valence-electron chi connectivity index (χ1n) is 10.0. The Hall–Kier alpha value is -2.94. The van der Waals surface area contributed by atoms with Gasteiger partial charge in [-0.05, 0) is 61.5 Å². The molecule has 1 aliphatic rings. The number of carbonyl (C=O) groups excluding carboxylic acids is 3. The number of nitrogens with two attached hydrogens (primary N) is 2. The van der Waals surface area contributed by atoms with Crippen molar-refractivity contribution in [2.75, 3.05) is 17.2 Å². The third-order valence-electron chi connectivity index (χ3n) is 5.47. The number of amides is 3. The normalized spacial score (nSPS) is 14.3. The largest absolute Gasteiger partial charge is 0.395 e. The van der Waals surface area contributed by atoms with Crippen LogP contribution in [0.5, 0.6) is 0 Å². The summed E-state index contributed by atoms with van der Waals surface area (Å²) >= 11 is 0.807. The molecule has 160 valence electrons. The van der Waals surface area contributed by atoms with E-state index in [2.05, 4.69) is 9.69 Å². The fraction of sp³-hybridized carbons (Fsp3) is 0.429. The van der Waals surface area contributed by atoms with Gasteiger partial charge in [-0.1, -0.05) is 25.3 Å². The monoisotopic (exact) mass is 429 g/mol. The molecule has 1 aromatic carbocycles. The molecule has 1 heterocycles. The SMILES string of the molecule is Cc1ccc(N(CC(=O)NC2CCCCC2)C(=O)c2snc(C(N)=O)c2N)cc1C. The fourth-order valence-electron chi connectivity index (χ4n) is 3.59. The third-order valence-corrected chi connectivity index (χ3v) is 6.33. The van der Waals surface area contributed by atoms with Crippen molar-refractivity contribution < 1.29 is 14.4 Å². The standard InChI is InChI=1S/C21H27N5O3S/c1-12-8-9-15(10-13(12)2)26(11-16(27)24-14-6-4-3-5-7-14)21(29)19-17(22)18(20(23)28)25-30-19/h8-10,14H,3-7,11,22H2,1-2H3,(H2,23,28)(H,24,27). The Labute approximate surface area is 179 Å². The van der Waals surface area contributed by atoms with E-state index in [1.165, 1.54) is 11.3 Å². The molecule has 9 heteroatoms. The topological polar surface area (TPSA) is 131 Å². The van der Waals surface area contributed by atoms with Crippen LogP contribution in [0.15, 0.2) is 18.2 Å². The van der Waals surface area contributed by atoms with Gasteiger partial charge in [0.05, 0.1) is 5.69 Å². The molecular weight excluding hydrogens is 402 g/mol. The summed E-state index contributed by atoms with van der Waals surface area (Å²) in [5, 5.41) is 3.04. The molecule has 0 aliphatic heterocycles. The average Bonchev–Trinajstić information content (AvgIpc) is 3.10. The second-order valence-electron chi connectivity index (χ2n) is 7.70. The van der Waals surface area contributed by atoms with Crippen LogP contribution >= 0.6 is 11.5 Å². The smallest absolute Gasteiger partial charge is 0.272 e. The second kappa shape index (κ2) is 9.25. The summed E-state index contributed by atoms with van der Waals surface area (Å²) in [4.78, 5) is 39.0. The van der Waals surface area contributed by atoms with Crippen molar-refractivity contribution in [1.82, 2.24) is 9.69 Å². The Kier molecular flexibility index (Phi) is 6.71. The van der Waals surface area contributed by atoms with Gasteiger partial charge in [-0.25, -0.2) is 0 Å². The lowest BCUT2D eigenvalue weighted by Gasteiger charge is -2.26. The fourth-order valence-corrected chi connectivity index (χ4v) is 4.34. The number of hydrogen-bond acceptors (Lipinski definition) is 6. The minimum Gasteiger partial charge on any atom is -0.395 e. The number of nitrogens with one attached hydrogen (secondary N) is 1. The quantitative estimate of drug-likeness (QED) is 0.649. The Bertz CT molecular complexity index is 966. The van der Waals surface area contributed by atoms with Gasteiger partial charge in [0.2, 0.25) is 5.91 Å². The first-order valence-corrected chi connectivity index (χ1v) is 10.8. The van der Waals surface area contributed by atoms with Crippen LogP contribution in [0.25, 0.3) is 0 Å². The van der Waals surface area contributed by atoms with Crippen molar-refractivity contribution in [3.63, 3.8) is 0 Å². The van der Waals surface area contributed by atoms with Crippen LogP contribution in [-0.2, 0) is 4.79 Å². The molecule has 3 amide bonds. The zero-order valence-corrected chi connectivity index (χ0v) is 18.1. The summed E-state index contributed by atoms with van der Waals surface area (Å²) in [6, 6.07) is 5.68. The highest BCUT2D eigenvalue weighted by atomic mass is 32.1. The van der Waals surface area contributed by atoms with E-state index in [9.17, 15) is 14.4 Å². The molecule has 0 atom stereocenters. The molecule has 30 heavy (non-hydrogen) atoms. The van der Waals surface area contributed by atoms with Gasteiger partial charge in [0, 0.05) is 11.7 Å². The van der Waals surface area contributed by atoms with E-state index in [4.69, 9.17) is 11.5 Å². The van der Waals surface area contributed by atoms with Crippen molar-refractivity contribution in [1.29, 1.82) is 0 Å². The van der Waals surface area contributed by atoms with Gasteiger partial charge in [0.15, 0.2) is 5.69 Å². The van der Waals surface area contributed by atoms with Gasteiger partial charge < -0.3 is 16.8 Å². The molecule has 0 radical (unpaired) electrons. The van der Waals surface area contributed by atoms with Crippen LogP contribution in [0.1, 0.15) is 63.4 Å². The van der Waals surface area contributed by atoms with E-state index in [1.54, 1.807) is 6.07 Å². The number of nitrogen functional groups attached to an aromatic ring is 1. The molecule has 1 fully saturated rings. The third kappa shape index (κ3) is 4.79. The van der Waals surface area contributed by atoms with Gasteiger partial charge >= 0.3 is 0 Å². The van der Waals surface area contributed by atoms with Crippen molar-refractivity contribution in [3.05, 3.63) is 39.9 Å². The lowest BCUT2D eigenvalue weighted by atomic mass is 9.95. The minimum atomic E-state index is -0.796. The van der Waals surface area contributed by atoms with E-state index in [0.717, 1.165) is 48.3 Å². The Balaban J connectivity index is 1.88. The predicted molar refractivity (Wildman–Crippen MR) is 118 cm³/mol. The maximum Gasteiger partial charge on any atom is 0.272 e. The number of aryl methyl sites for hydroxylation is 2. The van der Waals surface area contributed by atoms with Gasteiger partial charge in [-0.15, -0.1) is 0 Å². The molecule has 0 bridgehead atoms. The summed E-state index contributed by atoms with van der Waals surface area (Å²) in [5.41, 5.74) is 13.7. The van der Waals surface area contributed by atoms with E-state index in [1.807, 2.05) is 26.0 Å². The van der Waals surface area contributed by atoms with Gasteiger partial charge in [-0.3, -0.25) is 19.3 Å². The zero-order chi connectivity index (χ0) is 21.8. The summed E-state index contributed by atoms with van der Waals surface area (Å²) < 4.78 is 3.91. The summed E-state index contributed by atoms with van der Waals surface area (Å²) in [6.07, 6.45) is 5.28. The van der Waals surface area contributed by atoms with Gasteiger partial charge in [0.1, 0.15) is 11.4 Å². The van der Waals surface area contributed by atoms with Crippen molar-refractivity contribution in [2.45, 2.75) is 52.0 Å². The molecular formula is C21H27N5O3S. The Morgan fingerprint density at radius 2 is 1.87 bits per heavy atom. The molecule has 0 unspecified atom stereocenters. The number of aromatic nitrogens is 1. The van der Waals surface area contributed by atoms with Crippen LogP contribution in [0.3, 0.4) is 0 Å². The highest BCUT2D eigenvalue weighted by molar-refractivity contribution is 7.09. The van der Waals surface area contributed by atoms with Crippen LogP contribution in [0.2, 0.25) is 0 Å². The molecule has 1 saturated carbocycles. The number of anilines is 2. The molecule has 2 aromatic rings. The lowest BCUT2D eigenvalue weighted by Crippen LogP contribution is -2.45. The van der Waals surface area contributed by atoms with Crippen molar-refractivity contribution in [2.24, 2.45) is 5.73 Å². The molecule has 3 rings (SSSR count). The number of primary amides is 1. The van der Waals surface area contributed by atoms with Gasteiger partial charge in [0.25, 0.3) is 11.8 Å². The number of benzene rings is 1. The molecule has 1 aliphatic carbocycles. The van der Waals surface area contributed by atoms with E-state index < -0.39 is 11.8 Å². The summed E-state index contributed by atoms with van der Waals surface area (Å²) in [5.74, 6) is -1.51. The average molecular weight is 430 g/mol. The van der Waals surface area contributed by atoms with Crippen LogP contribution in [0.4, 0.5) is 11.4 Å². The van der Waals surface area contributed by atoms with Gasteiger partial charge in [-0.2, -0.15) is 4.37 Å². The number of nitrogens with zero attached hydrogens (tertiary/aromatic N) is 2. The van der Waals surface area contributed by atoms with E-state index in [-0.39, 0.29) is 34.8 Å². The Morgan fingerprint density at radius 1 is 1.17 bits per heavy atom. The second-order valence-corrected chi connectivity index (χ2v) is 8.47. The molecule has 0 spiro atoms. The zero-order valence-electron chi connectivity index (χ0n) is 17.2. The molecule has 5 N–H and O–H groups in total. The van der Waals surface area contributed by atoms with E-state index >= 15 is 0 Å². The molecule has 1 aromatic heterocycles. The number of carbonyl (C=O) groups is 3. The number of rotatable bonds is 6. The molecule has 0 saturated heterocycles. The molecule has 8 nitrogen and oxygen atoms in total. The minimum absolute atomic E-state index is 0.0565. The first kappa shape index (κ1) is 21.8. The van der Waals surface area contributed by atoms with E-state index in [0.29, 0.717) is 5.69 Å².